The maximum absolute atomic E-state index is 11.7. The molecule has 0 unspecified atom stereocenters. The maximum atomic E-state index is 11.7. The van der Waals surface area contributed by atoms with Gasteiger partial charge in [0, 0.05) is 19.0 Å². The Balaban J connectivity index is 1.93. The summed E-state index contributed by atoms with van der Waals surface area (Å²) in [5.74, 6) is -0.0937. The summed E-state index contributed by atoms with van der Waals surface area (Å²) in [6.07, 6.45) is 16.4. The van der Waals surface area contributed by atoms with Crippen molar-refractivity contribution in [1.82, 2.24) is 9.55 Å². The minimum Gasteiger partial charge on any atom is -0.460 e. The van der Waals surface area contributed by atoms with Crippen molar-refractivity contribution in [2.45, 2.75) is 98.6 Å². The summed E-state index contributed by atoms with van der Waals surface area (Å²) in [5.41, 5.74) is 0.486. The first-order valence-electron chi connectivity index (χ1n) is 10.7. The Kier molecular flexibility index (Phi) is 12.1. The number of nitrogens with zero attached hydrogens (tertiary/aromatic N) is 2. The lowest BCUT2D eigenvalue weighted by Crippen LogP contribution is -2.14. The molecule has 0 aliphatic heterocycles. The van der Waals surface area contributed by atoms with Crippen molar-refractivity contribution in [3.63, 3.8) is 0 Å². The average Bonchev–Trinajstić information content (AvgIpc) is 3.07. The van der Waals surface area contributed by atoms with Crippen LogP contribution in [0.5, 0.6) is 0 Å². The molecule has 156 valence electrons. The summed E-state index contributed by atoms with van der Waals surface area (Å²) >= 11 is 0. The average molecular weight is 381 g/mol. The van der Waals surface area contributed by atoms with Gasteiger partial charge in [0.2, 0.25) is 5.82 Å². The van der Waals surface area contributed by atoms with Gasteiger partial charge in [-0.15, -0.1) is 0 Å². The van der Waals surface area contributed by atoms with Gasteiger partial charge < -0.3 is 14.0 Å². The van der Waals surface area contributed by atoms with Gasteiger partial charge >= 0.3 is 5.97 Å². The molecule has 0 fully saturated rings. The summed E-state index contributed by atoms with van der Waals surface area (Å²) in [6, 6.07) is 0. The third-order valence-corrected chi connectivity index (χ3v) is 4.62. The van der Waals surface area contributed by atoms with Gasteiger partial charge in [-0.3, -0.25) is 0 Å². The number of carbonyl (C=O) groups is 1. The van der Waals surface area contributed by atoms with Crippen LogP contribution in [0.3, 0.4) is 0 Å². The van der Waals surface area contributed by atoms with Crippen LogP contribution < -0.4 is 0 Å². The van der Waals surface area contributed by atoms with Gasteiger partial charge in [-0.25, -0.2) is 9.78 Å². The van der Waals surface area contributed by atoms with E-state index in [2.05, 4.69) is 25.8 Å². The first kappa shape index (κ1) is 23.7. The Hall–Kier alpha value is -1.36. The number of rotatable bonds is 15. The van der Waals surface area contributed by atoms with Crippen molar-refractivity contribution >= 4 is 5.97 Å². The molecule has 0 atom stereocenters. The van der Waals surface area contributed by atoms with Crippen molar-refractivity contribution < 1.29 is 14.3 Å². The first-order valence-corrected chi connectivity index (χ1v) is 10.7. The van der Waals surface area contributed by atoms with Gasteiger partial charge in [0.25, 0.3) is 0 Å². The van der Waals surface area contributed by atoms with Crippen LogP contribution in [0.1, 0.15) is 103 Å². The van der Waals surface area contributed by atoms with Crippen molar-refractivity contribution in [3.8, 4) is 0 Å². The number of imidazole rings is 1. The SMILES string of the molecule is CCOC(=O)c1nccn1COCCCCCCCCCCCC(C)(C)C. The summed E-state index contributed by atoms with van der Waals surface area (Å²) in [4.78, 5) is 15.8. The molecule has 0 bridgehead atoms. The van der Waals surface area contributed by atoms with Gasteiger partial charge in [0.15, 0.2) is 0 Å². The minimum atomic E-state index is -0.399. The standard InChI is InChI=1S/C22H40N2O3/c1-5-27-21(25)20-23-16-17-24(20)19-26-18-14-12-10-8-6-7-9-11-13-15-22(2,3)4/h16-17H,5-15,18-19H2,1-4H3. The van der Waals surface area contributed by atoms with E-state index in [1.165, 1.54) is 57.8 Å². The van der Waals surface area contributed by atoms with E-state index in [-0.39, 0.29) is 0 Å². The molecule has 0 aliphatic rings. The molecule has 0 N–H and O–H groups in total. The van der Waals surface area contributed by atoms with Crippen molar-refractivity contribution in [3.05, 3.63) is 18.2 Å². The van der Waals surface area contributed by atoms with Crippen LogP contribution in [0.15, 0.2) is 12.4 Å². The van der Waals surface area contributed by atoms with Crippen LogP contribution >= 0.6 is 0 Å². The molecule has 0 saturated carbocycles. The number of ether oxygens (including phenoxy) is 2. The fourth-order valence-electron chi connectivity index (χ4n) is 3.06. The zero-order valence-electron chi connectivity index (χ0n) is 18.0. The second-order valence-corrected chi connectivity index (χ2v) is 8.47. The Bertz CT molecular complexity index is 506. The number of hydrogen-bond donors (Lipinski definition) is 0. The van der Waals surface area contributed by atoms with E-state index in [1.54, 1.807) is 23.9 Å². The minimum absolute atomic E-state index is 0.305. The third-order valence-electron chi connectivity index (χ3n) is 4.62. The summed E-state index contributed by atoms with van der Waals surface area (Å²) in [5, 5.41) is 0. The quantitative estimate of drug-likeness (QED) is 0.277. The predicted molar refractivity (Wildman–Crippen MR) is 110 cm³/mol. The van der Waals surface area contributed by atoms with Crippen LogP contribution in [0.4, 0.5) is 0 Å². The lowest BCUT2D eigenvalue weighted by Gasteiger charge is -2.17. The third kappa shape index (κ3) is 11.9. The first-order chi connectivity index (χ1) is 12.9. The van der Waals surface area contributed by atoms with Crippen molar-refractivity contribution in [2.75, 3.05) is 13.2 Å². The molecule has 5 heteroatoms. The number of carbonyl (C=O) groups excluding carboxylic acids is 1. The molecule has 1 heterocycles. The van der Waals surface area contributed by atoms with Crippen molar-refractivity contribution in [1.29, 1.82) is 0 Å². The van der Waals surface area contributed by atoms with Gasteiger partial charge in [-0.1, -0.05) is 72.1 Å². The molecule has 0 aliphatic carbocycles. The van der Waals surface area contributed by atoms with Crippen LogP contribution in [-0.2, 0) is 16.2 Å². The Morgan fingerprint density at radius 2 is 1.59 bits per heavy atom. The molecule has 0 spiro atoms. The second-order valence-electron chi connectivity index (χ2n) is 8.47. The molecule has 0 saturated heterocycles. The lowest BCUT2D eigenvalue weighted by atomic mass is 9.89. The van der Waals surface area contributed by atoms with E-state index in [1.807, 2.05) is 0 Å². The van der Waals surface area contributed by atoms with Gasteiger partial charge in [0.05, 0.1) is 6.61 Å². The summed E-state index contributed by atoms with van der Waals surface area (Å²) < 4.78 is 12.3. The molecule has 1 aromatic rings. The van der Waals surface area contributed by atoms with Crippen LogP contribution in [-0.4, -0.2) is 28.7 Å². The number of aromatic nitrogens is 2. The zero-order valence-corrected chi connectivity index (χ0v) is 18.0. The van der Waals surface area contributed by atoms with E-state index < -0.39 is 5.97 Å². The highest BCUT2D eigenvalue weighted by molar-refractivity contribution is 5.85. The summed E-state index contributed by atoms with van der Waals surface area (Å²) in [6.45, 7) is 10.2. The number of esters is 1. The smallest absolute Gasteiger partial charge is 0.374 e. The van der Waals surface area contributed by atoms with Crippen LogP contribution in [0.25, 0.3) is 0 Å². The van der Waals surface area contributed by atoms with E-state index in [0.717, 1.165) is 6.42 Å². The van der Waals surface area contributed by atoms with E-state index >= 15 is 0 Å². The summed E-state index contributed by atoms with van der Waals surface area (Å²) in [7, 11) is 0. The van der Waals surface area contributed by atoms with Gasteiger partial charge in [-0.2, -0.15) is 0 Å². The Labute approximate surface area is 165 Å². The normalized spacial score (nSPS) is 11.7. The molecule has 5 nitrogen and oxygen atoms in total. The second kappa shape index (κ2) is 13.8. The molecule has 1 aromatic heterocycles. The predicted octanol–water partition coefficient (Wildman–Crippen LogP) is 5.98. The Morgan fingerprint density at radius 3 is 2.19 bits per heavy atom. The molecule has 1 rings (SSSR count). The van der Waals surface area contributed by atoms with E-state index in [0.29, 0.717) is 31.2 Å². The van der Waals surface area contributed by atoms with E-state index in [4.69, 9.17) is 9.47 Å². The highest BCUT2D eigenvalue weighted by Gasteiger charge is 2.13. The molecule has 0 amide bonds. The molecule has 0 radical (unpaired) electrons. The molecular formula is C22H40N2O3. The molecule has 27 heavy (non-hydrogen) atoms. The lowest BCUT2D eigenvalue weighted by molar-refractivity contribution is 0.0448. The Morgan fingerprint density at radius 1 is 1.00 bits per heavy atom. The highest BCUT2D eigenvalue weighted by atomic mass is 16.5. The largest absolute Gasteiger partial charge is 0.460 e. The van der Waals surface area contributed by atoms with Crippen LogP contribution in [0.2, 0.25) is 0 Å². The fourth-order valence-corrected chi connectivity index (χ4v) is 3.06. The highest BCUT2D eigenvalue weighted by Crippen LogP contribution is 2.22. The van der Waals surface area contributed by atoms with Crippen molar-refractivity contribution in [2.24, 2.45) is 5.41 Å². The van der Waals surface area contributed by atoms with E-state index in [9.17, 15) is 4.79 Å². The zero-order chi connectivity index (χ0) is 20.0. The maximum Gasteiger partial charge on any atom is 0.374 e. The van der Waals surface area contributed by atoms with Gasteiger partial charge in [-0.05, 0) is 25.2 Å². The monoisotopic (exact) mass is 380 g/mol. The number of unbranched alkanes of at least 4 members (excludes halogenated alkanes) is 8. The van der Waals surface area contributed by atoms with Gasteiger partial charge in [0.1, 0.15) is 6.73 Å². The topological polar surface area (TPSA) is 53.3 Å². The fraction of sp³-hybridized carbons (Fsp3) is 0.818. The molecule has 0 aromatic carbocycles. The molecular weight excluding hydrogens is 340 g/mol. The van der Waals surface area contributed by atoms with Crippen LogP contribution in [0, 0.1) is 5.41 Å². The number of hydrogen-bond acceptors (Lipinski definition) is 4.